The van der Waals surface area contributed by atoms with Crippen molar-refractivity contribution in [3.63, 3.8) is 0 Å². The van der Waals surface area contributed by atoms with Gasteiger partial charge in [0.15, 0.2) is 0 Å². The number of fused-ring (bicyclic) bond motifs is 3. The third kappa shape index (κ3) is 4.37. The van der Waals surface area contributed by atoms with Crippen molar-refractivity contribution >= 4 is 23.7 Å². The van der Waals surface area contributed by atoms with Crippen LogP contribution in [0, 0.1) is 5.92 Å². The van der Waals surface area contributed by atoms with Gasteiger partial charge in [-0.25, -0.2) is 4.79 Å². The number of nitrogens with zero attached hydrogens (tertiary/aromatic N) is 1. The molecule has 0 unspecified atom stereocenters. The fourth-order valence-corrected chi connectivity index (χ4v) is 5.24. The predicted molar refractivity (Wildman–Crippen MR) is 131 cm³/mol. The molecule has 1 heterocycles. The summed E-state index contributed by atoms with van der Waals surface area (Å²) >= 11 is 0. The van der Waals surface area contributed by atoms with Gasteiger partial charge in [0.1, 0.15) is 6.61 Å². The zero-order chi connectivity index (χ0) is 24.5. The number of aliphatic carboxylic acids is 1. The van der Waals surface area contributed by atoms with Gasteiger partial charge >= 0.3 is 12.1 Å². The van der Waals surface area contributed by atoms with Gasteiger partial charge in [0.25, 0.3) is 0 Å². The Morgan fingerprint density at radius 1 is 0.914 bits per heavy atom. The van der Waals surface area contributed by atoms with Crippen molar-refractivity contribution in [2.45, 2.75) is 18.8 Å². The van der Waals surface area contributed by atoms with Crippen molar-refractivity contribution in [3.05, 3.63) is 89.5 Å². The number of benzene rings is 3. The maximum Gasteiger partial charge on any atom is 0.409 e. The van der Waals surface area contributed by atoms with E-state index in [0.717, 1.165) is 27.8 Å². The average Bonchev–Trinajstić information content (AvgIpc) is 3.43. The Bertz CT molecular complexity index is 1240. The lowest BCUT2D eigenvalue weighted by atomic mass is 9.89. The number of ether oxygens (including phenoxy) is 1. The second kappa shape index (κ2) is 9.25. The van der Waals surface area contributed by atoms with E-state index < -0.39 is 18.0 Å². The number of nitrogens with one attached hydrogen (secondary N) is 1. The number of carbonyl (C=O) groups excluding carboxylic acids is 2. The summed E-state index contributed by atoms with van der Waals surface area (Å²) in [5, 5.41) is 12.5. The van der Waals surface area contributed by atoms with Crippen LogP contribution in [-0.2, 0) is 14.3 Å². The third-order valence-corrected chi connectivity index (χ3v) is 6.89. The zero-order valence-electron chi connectivity index (χ0n) is 19.3. The number of anilines is 1. The molecule has 3 aromatic rings. The van der Waals surface area contributed by atoms with Gasteiger partial charge in [0.05, 0.1) is 5.92 Å². The van der Waals surface area contributed by atoms with Crippen LogP contribution < -0.4 is 5.32 Å². The van der Waals surface area contributed by atoms with Crippen LogP contribution in [0.3, 0.4) is 0 Å². The Kier molecular flexibility index (Phi) is 5.99. The molecule has 2 atom stereocenters. The van der Waals surface area contributed by atoms with Crippen molar-refractivity contribution in [2.75, 3.05) is 25.0 Å². The van der Waals surface area contributed by atoms with Gasteiger partial charge in [-0.15, -0.1) is 0 Å². The Morgan fingerprint density at radius 2 is 1.51 bits per heavy atom. The molecule has 2 amide bonds. The smallest absolute Gasteiger partial charge is 0.409 e. The highest BCUT2D eigenvalue weighted by molar-refractivity contribution is 5.88. The molecule has 7 nitrogen and oxygen atoms in total. The molecule has 3 aromatic carbocycles. The first-order valence-electron chi connectivity index (χ1n) is 11.6. The van der Waals surface area contributed by atoms with E-state index in [1.165, 1.54) is 11.8 Å². The molecule has 1 aliphatic heterocycles. The fourth-order valence-electron chi connectivity index (χ4n) is 5.24. The van der Waals surface area contributed by atoms with E-state index in [1.54, 1.807) is 24.3 Å². The summed E-state index contributed by atoms with van der Waals surface area (Å²) in [6, 6.07) is 23.3. The summed E-state index contributed by atoms with van der Waals surface area (Å²) < 4.78 is 5.75. The SMILES string of the molecule is CC(=O)Nc1ccc([C@@H]2CN(C(=O)OCC3c4ccccc4-c4ccccc43)C[C@H]2C(=O)O)cc1. The van der Waals surface area contributed by atoms with Gasteiger partial charge in [-0.1, -0.05) is 60.7 Å². The standard InChI is InChI=1S/C28H26N2O5/c1-17(31)29-19-12-10-18(11-13-19)24-14-30(15-25(24)27(32)33)28(34)35-16-26-22-8-4-2-6-20(22)21-7-3-5-9-23(21)26/h2-13,24-26H,14-16H2,1H3,(H,29,31)(H,32,33)/t24-,25+/m0/s1. The zero-order valence-corrected chi connectivity index (χ0v) is 19.3. The lowest BCUT2D eigenvalue weighted by molar-refractivity contribution is -0.141. The Morgan fingerprint density at radius 3 is 2.09 bits per heavy atom. The molecule has 2 aliphatic rings. The highest BCUT2D eigenvalue weighted by atomic mass is 16.6. The Balaban J connectivity index is 1.29. The van der Waals surface area contributed by atoms with Crippen LogP contribution in [0.25, 0.3) is 11.1 Å². The van der Waals surface area contributed by atoms with E-state index in [2.05, 4.69) is 29.6 Å². The van der Waals surface area contributed by atoms with Gasteiger partial charge in [-0.05, 0) is 39.9 Å². The van der Waals surface area contributed by atoms with Crippen molar-refractivity contribution < 1.29 is 24.2 Å². The molecule has 0 radical (unpaired) electrons. The molecule has 0 aromatic heterocycles. The predicted octanol–water partition coefficient (Wildman–Crippen LogP) is 4.69. The van der Waals surface area contributed by atoms with Crippen LogP contribution in [-0.4, -0.2) is 47.7 Å². The van der Waals surface area contributed by atoms with Gasteiger partial charge in [0.2, 0.25) is 5.91 Å². The lowest BCUT2D eigenvalue weighted by Crippen LogP contribution is -2.31. The van der Waals surface area contributed by atoms with Gasteiger partial charge < -0.3 is 20.1 Å². The molecule has 1 saturated heterocycles. The van der Waals surface area contributed by atoms with E-state index in [0.29, 0.717) is 5.69 Å². The number of hydrogen-bond acceptors (Lipinski definition) is 4. The minimum absolute atomic E-state index is 0.0543. The molecular weight excluding hydrogens is 444 g/mol. The number of likely N-dealkylation sites (tertiary alicyclic amines) is 1. The molecule has 0 saturated carbocycles. The van der Waals surface area contributed by atoms with Crippen molar-refractivity contribution in [1.29, 1.82) is 0 Å². The quantitative estimate of drug-likeness (QED) is 0.564. The van der Waals surface area contributed by atoms with E-state index >= 15 is 0 Å². The first-order chi connectivity index (χ1) is 16.9. The van der Waals surface area contributed by atoms with Gasteiger partial charge in [-0.2, -0.15) is 0 Å². The lowest BCUT2D eigenvalue weighted by Gasteiger charge is -2.19. The van der Waals surface area contributed by atoms with Gasteiger partial charge in [-0.3, -0.25) is 9.59 Å². The summed E-state index contributed by atoms with van der Waals surface area (Å²) in [4.78, 5) is 37.7. The van der Waals surface area contributed by atoms with Gasteiger partial charge in [0, 0.05) is 37.5 Å². The van der Waals surface area contributed by atoms with Crippen LogP contribution in [0.2, 0.25) is 0 Å². The number of amides is 2. The van der Waals surface area contributed by atoms with E-state index in [4.69, 9.17) is 4.74 Å². The molecular formula is C28H26N2O5. The second-order valence-corrected chi connectivity index (χ2v) is 9.06. The second-order valence-electron chi connectivity index (χ2n) is 9.06. The molecule has 1 aliphatic carbocycles. The summed E-state index contributed by atoms with van der Waals surface area (Å²) in [7, 11) is 0. The van der Waals surface area contributed by atoms with E-state index in [-0.39, 0.29) is 37.4 Å². The average molecular weight is 471 g/mol. The first kappa shape index (κ1) is 22.7. The molecule has 5 rings (SSSR count). The van der Waals surface area contributed by atoms with Crippen LogP contribution in [0.1, 0.15) is 35.4 Å². The number of carboxylic acid groups (broad SMARTS) is 1. The van der Waals surface area contributed by atoms with Crippen LogP contribution >= 0.6 is 0 Å². The normalized spacial score (nSPS) is 18.6. The third-order valence-electron chi connectivity index (χ3n) is 6.89. The van der Waals surface area contributed by atoms with Crippen LogP contribution in [0.5, 0.6) is 0 Å². The highest BCUT2D eigenvalue weighted by Crippen LogP contribution is 2.44. The molecule has 7 heteroatoms. The van der Waals surface area contributed by atoms with Crippen LogP contribution in [0.15, 0.2) is 72.8 Å². The summed E-state index contributed by atoms with van der Waals surface area (Å²) in [5.41, 5.74) is 6.00. The maximum atomic E-state index is 13.0. The van der Waals surface area contributed by atoms with E-state index in [1.807, 2.05) is 24.3 Å². The molecule has 178 valence electrons. The number of hydrogen-bond donors (Lipinski definition) is 2. The first-order valence-corrected chi connectivity index (χ1v) is 11.6. The Hall–Kier alpha value is -4.13. The Labute approximate surface area is 203 Å². The number of carbonyl (C=O) groups is 3. The van der Waals surface area contributed by atoms with Crippen molar-refractivity contribution in [1.82, 2.24) is 4.90 Å². The molecule has 2 N–H and O–H groups in total. The highest BCUT2D eigenvalue weighted by Gasteiger charge is 2.41. The summed E-state index contributed by atoms with van der Waals surface area (Å²) in [5.74, 6) is -2.28. The minimum atomic E-state index is -0.949. The summed E-state index contributed by atoms with van der Waals surface area (Å²) in [6.07, 6.45) is -0.504. The number of carboxylic acids is 1. The fraction of sp³-hybridized carbons (Fsp3) is 0.250. The largest absolute Gasteiger partial charge is 0.481 e. The topological polar surface area (TPSA) is 95.9 Å². The number of rotatable bonds is 5. The molecule has 1 fully saturated rings. The van der Waals surface area contributed by atoms with Crippen LogP contribution in [0.4, 0.5) is 10.5 Å². The minimum Gasteiger partial charge on any atom is -0.481 e. The molecule has 0 spiro atoms. The van der Waals surface area contributed by atoms with Crippen molar-refractivity contribution in [2.24, 2.45) is 5.92 Å². The maximum absolute atomic E-state index is 13.0. The monoisotopic (exact) mass is 470 g/mol. The summed E-state index contributed by atoms with van der Waals surface area (Å²) in [6.45, 7) is 1.96. The molecule has 0 bridgehead atoms. The molecule has 35 heavy (non-hydrogen) atoms. The van der Waals surface area contributed by atoms with Crippen molar-refractivity contribution in [3.8, 4) is 11.1 Å². The van der Waals surface area contributed by atoms with E-state index in [9.17, 15) is 19.5 Å².